The summed E-state index contributed by atoms with van der Waals surface area (Å²) in [5.74, 6) is 0.636. The van der Waals surface area contributed by atoms with Gasteiger partial charge in [0.05, 0.1) is 0 Å². The molecule has 0 atom stereocenters. The van der Waals surface area contributed by atoms with Crippen LogP contribution in [0.3, 0.4) is 0 Å². The van der Waals surface area contributed by atoms with Crippen LogP contribution in [0.2, 0.25) is 0 Å². The van der Waals surface area contributed by atoms with Crippen molar-refractivity contribution in [1.82, 2.24) is 0 Å². The standard InChI is InChI=1S/C12H13.C10H15.2ClH.Zr/c1-9(2)12-7-10-5-3-4-6-11(10)8-12;1-7-6-10(4,5)9(3)8(7)2;;;/h3-9H,1-2H3;1-5H3;2*1H;/q2*-1;;;+4/p-2. The van der Waals surface area contributed by atoms with Crippen LogP contribution in [0.25, 0.3) is 10.8 Å². The van der Waals surface area contributed by atoms with Crippen LogP contribution in [0, 0.1) is 11.5 Å². The number of fused-ring (bicyclic) bond motifs is 1. The summed E-state index contributed by atoms with van der Waals surface area (Å²) < 4.78 is 0. The summed E-state index contributed by atoms with van der Waals surface area (Å²) in [5, 5.41) is 2.72. The Morgan fingerprint density at radius 3 is 1.92 bits per heavy atom. The first-order chi connectivity index (χ1) is 10.2. The molecule has 0 unspecified atom stereocenters. The summed E-state index contributed by atoms with van der Waals surface area (Å²) >= 11 is 0. The summed E-state index contributed by atoms with van der Waals surface area (Å²) in [4.78, 5) is 0. The van der Waals surface area contributed by atoms with Crippen molar-refractivity contribution >= 4 is 10.8 Å². The summed E-state index contributed by atoms with van der Waals surface area (Å²) in [6.45, 7) is 15.4. The number of halogens is 2. The van der Waals surface area contributed by atoms with Gasteiger partial charge >= 0.3 is 26.2 Å². The van der Waals surface area contributed by atoms with E-state index in [1.165, 1.54) is 33.1 Å². The Kier molecular flexibility index (Phi) is 11.7. The van der Waals surface area contributed by atoms with Gasteiger partial charge in [0.1, 0.15) is 0 Å². The third kappa shape index (κ3) is 6.46. The van der Waals surface area contributed by atoms with Crippen molar-refractivity contribution in [2.75, 3.05) is 0 Å². The molecule has 1 aliphatic carbocycles. The van der Waals surface area contributed by atoms with E-state index in [1.54, 1.807) is 0 Å². The third-order valence-electron chi connectivity index (χ3n) is 4.87. The van der Waals surface area contributed by atoms with Crippen LogP contribution in [-0.4, -0.2) is 0 Å². The maximum Gasteiger partial charge on any atom is 4.00 e. The summed E-state index contributed by atoms with van der Waals surface area (Å²) in [5.41, 5.74) is 5.84. The molecule has 0 bridgehead atoms. The fourth-order valence-electron chi connectivity index (χ4n) is 2.91. The SMILES string of the molecule is CC(C)c1cc2ccccc2[cH-]1.CC1=[C-]C(C)(C)C(C)=C1C.[Cl-].[Cl-].[Zr+4]. The molecule has 0 amide bonds. The fourth-order valence-corrected chi connectivity index (χ4v) is 2.91. The summed E-state index contributed by atoms with van der Waals surface area (Å²) in [6.07, 6.45) is 3.44. The van der Waals surface area contributed by atoms with Crippen LogP contribution >= 0.6 is 0 Å². The molecule has 25 heavy (non-hydrogen) atoms. The zero-order chi connectivity index (χ0) is 16.5. The van der Waals surface area contributed by atoms with Gasteiger partial charge in [0.15, 0.2) is 0 Å². The first kappa shape index (κ1) is 27.0. The van der Waals surface area contributed by atoms with Gasteiger partial charge in [-0.2, -0.15) is 17.2 Å². The van der Waals surface area contributed by atoms with Gasteiger partial charge in [-0.15, -0.1) is 47.5 Å². The van der Waals surface area contributed by atoms with Crippen molar-refractivity contribution in [1.29, 1.82) is 0 Å². The number of allylic oxidation sites excluding steroid dienone is 4. The number of hydrogen-bond donors (Lipinski definition) is 0. The molecule has 0 nitrogen and oxygen atoms in total. The maximum atomic E-state index is 3.44. The topological polar surface area (TPSA) is 0 Å². The Labute approximate surface area is 185 Å². The molecule has 0 aromatic heterocycles. The molecule has 0 spiro atoms. The third-order valence-corrected chi connectivity index (χ3v) is 4.87. The molecular formula is C22H28Cl2Zr. The molecule has 0 aliphatic heterocycles. The van der Waals surface area contributed by atoms with Crippen molar-refractivity contribution in [3.8, 4) is 0 Å². The van der Waals surface area contributed by atoms with E-state index in [9.17, 15) is 0 Å². The normalized spacial score (nSPS) is 14.8. The van der Waals surface area contributed by atoms with E-state index in [0.29, 0.717) is 5.92 Å². The molecule has 2 aromatic rings. The number of hydrogen-bond acceptors (Lipinski definition) is 0. The fraction of sp³-hybridized carbons (Fsp3) is 0.409. The molecule has 0 saturated heterocycles. The summed E-state index contributed by atoms with van der Waals surface area (Å²) in [6, 6.07) is 13.1. The molecule has 0 fully saturated rings. The van der Waals surface area contributed by atoms with Crippen molar-refractivity contribution in [3.05, 3.63) is 64.8 Å². The molecule has 0 heterocycles. The van der Waals surface area contributed by atoms with Crippen molar-refractivity contribution in [2.24, 2.45) is 5.41 Å². The van der Waals surface area contributed by atoms with E-state index in [-0.39, 0.29) is 56.4 Å². The van der Waals surface area contributed by atoms with E-state index < -0.39 is 0 Å². The van der Waals surface area contributed by atoms with Gasteiger partial charge < -0.3 is 24.8 Å². The Bertz CT molecular complexity index is 700. The summed E-state index contributed by atoms with van der Waals surface area (Å²) in [7, 11) is 0. The van der Waals surface area contributed by atoms with Crippen LogP contribution in [0.15, 0.2) is 53.1 Å². The molecule has 0 saturated carbocycles. The van der Waals surface area contributed by atoms with E-state index in [4.69, 9.17) is 0 Å². The predicted molar refractivity (Wildman–Crippen MR) is 98.2 cm³/mol. The van der Waals surface area contributed by atoms with Crippen LogP contribution in [0.4, 0.5) is 0 Å². The molecular weight excluding hydrogens is 426 g/mol. The van der Waals surface area contributed by atoms with Crippen molar-refractivity contribution in [3.63, 3.8) is 0 Å². The Hall–Kier alpha value is -0.227. The number of rotatable bonds is 1. The van der Waals surface area contributed by atoms with Gasteiger partial charge in [0.2, 0.25) is 0 Å². The van der Waals surface area contributed by atoms with Gasteiger partial charge in [-0.1, -0.05) is 53.0 Å². The minimum Gasteiger partial charge on any atom is -1.00 e. The molecule has 0 radical (unpaired) electrons. The van der Waals surface area contributed by atoms with Gasteiger partial charge in [-0.3, -0.25) is 6.08 Å². The van der Waals surface area contributed by atoms with Gasteiger partial charge in [0.25, 0.3) is 0 Å². The minimum absolute atomic E-state index is 0. The van der Waals surface area contributed by atoms with E-state index >= 15 is 0 Å². The van der Waals surface area contributed by atoms with Gasteiger partial charge in [-0.25, -0.2) is 5.57 Å². The minimum atomic E-state index is 0. The maximum absolute atomic E-state index is 3.44. The van der Waals surface area contributed by atoms with E-state index in [1.807, 2.05) is 0 Å². The zero-order valence-electron chi connectivity index (χ0n) is 16.3. The van der Waals surface area contributed by atoms with Crippen molar-refractivity contribution in [2.45, 2.75) is 54.4 Å². The smallest absolute Gasteiger partial charge is 1.00 e. The average Bonchev–Trinajstić information content (AvgIpc) is 2.96. The average molecular weight is 455 g/mol. The molecule has 1 aliphatic rings. The second-order valence-corrected chi connectivity index (χ2v) is 7.20. The molecule has 0 N–H and O–H groups in total. The Morgan fingerprint density at radius 1 is 1.00 bits per heavy atom. The Morgan fingerprint density at radius 2 is 1.56 bits per heavy atom. The van der Waals surface area contributed by atoms with Crippen LogP contribution < -0.4 is 24.8 Å². The van der Waals surface area contributed by atoms with Crippen LogP contribution in [0.5, 0.6) is 0 Å². The van der Waals surface area contributed by atoms with E-state index in [0.717, 1.165) is 0 Å². The largest absolute Gasteiger partial charge is 4.00 e. The Balaban J connectivity index is 0. The van der Waals surface area contributed by atoms with Crippen LogP contribution in [0.1, 0.15) is 59.9 Å². The molecule has 3 rings (SSSR count). The quantitative estimate of drug-likeness (QED) is 0.560. The van der Waals surface area contributed by atoms with E-state index in [2.05, 4.69) is 90.9 Å². The molecule has 3 heteroatoms. The number of benzene rings is 1. The molecule has 134 valence electrons. The first-order valence-electron chi connectivity index (χ1n) is 8.18. The van der Waals surface area contributed by atoms with Gasteiger partial charge in [0, 0.05) is 0 Å². The monoisotopic (exact) mass is 452 g/mol. The predicted octanol–water partition coefficient (Wildman–Crippen LogP) is 0.800. The first-order valence-corrected chi connectivity index (χ1v) is 8.18. The second kappa shape index (κ2) is 10.8. The second-order valence-electron chi connectivity index (χ2n) is 7.20. The van der Waals surface area contributed by atoms with Gasteiger partial charge in [-0.05, 0) is 5.92 Å². The molecule has 2 aromatic carbocycles. The zero-order valence-corrected chi connectivity index (χ0v) is 20.3. The van der Waals surface area contributed by atoms with Crippen LogP contribution in [-0.2, 0) is 26.2 Å². The van der Waals surface area contributed by atoms with Crippen molar-refractivity contribution < 1.29 is 51.0 Å².